The SMILES string of the molecule is O=C(NC1C=CC(C(=O)O)C1)c1ccc2ncsc2c1. The van der Waals surface area contributed by atoms with Crippen LogP contribution in [-0.2, 0) is 4.79 Å². The van der Waals surface area contributed by atoms with Gasteiger partial charge in [-0.25, -0.2) is 4.98 Å². The highest BCUT2D eigenvalue weighted by Crippen LogP contribution is 2.21. The van der Waals surface area contributed by atoms with Crippen molar-refractivity contribution >= 4 is 33.4 Å². The van der Waals surface area contributed by atoms with Gasteiger partial charge in [0, 0.05) is 11.6 Å². The molecule has 2 aromatic rings. The van der Waals surface area contributed by atoms with Crippen molar-refractivity contribution in [3.63, 3.8) is 0 Å². The van der Waals surface area contributed by atoms with Crippen LogP contribution >= 0.6 is 11.3 Å². The number of carbonyl (C=O) groups excluding carboxylic acids is 1. The molecule has 0 saturated heterocycles. The van der Waals surface area contributed by atoms with Crippen LogP contribution < -0.4 is 5.32 Å². The average molecular weight is 288 g/mol. The lowest BCUT2D eigenvalue weighted by Crippen LogP contribution is -2.33. The molecular weight excluding hydrogens is 276 g/mol. The van der Waals surface area contributed by atoms with E-state index in [2.05, 4.69) is 10.3 Å². The Hall–Kier alpha value is -2.21. The molecule has 1 heterocycles. The number of carboxylic acids is 1. The average Bonchev–Trinajstić information content (AvgIpc) is 3.05. The molecule has 0 fully saturated rings. The second-order valence-electron chi connectivity index (χ2n) is 4.68. The summed E-state index contributed by atoms with van der Waals surface area (Å²) in [4.78, 5) is 27.1. The molecule has 1 aliphatic rings. The molecule has 2 N–H and O–H groups in total. The Morgan fingerprint density at radius 3 is 2.95 bits per heavy atom. The van der Waals surface area contributed by atoms with Crippen LogP contribution in [0.15, 0.2) is 35.9 Å². The molecule has 0 aliphatic heterocycles. The predicted molar refractivity (Wildman–Crippen MR) is 75.8 cm³/mol. The highest BCUT2D eigenvalue weighted by molar-refractivity contribution is 7.16. The van der Waals surface area contributed by atoms with E-state index in [1.54, 1.807) is 29.8 Å². The molecule has 0 saturated carbocycles. The number of hydrogen-bond donors (Lipinski definition) is 2. The van der Waals surface area contributed by atoms with E-state index in [4.69, 9.17) is 5.11 Å². The second kappa shape index (κ2) is 5.05. The summed E-state index contributed by atoms with van der Waals surface area (Å²) in [5.74, 6) is -1.56. The quantitative estimate of drug-likeness (QED) is 0.847. The molecule has 3 rings (SSSR count). The van der Waals surface area contributed by atoms with Crippen molar-refractivity contribution in [3.05, 3.63) is 41.4 Å². The van der Waals surface area contributed by atoms with Gasteiger partial charge in [-0.15, -0.1) is 11.3 Å². The van der Waals surface area contributed by atoms with Gasteiger partial charge in [0.2, 0.25) is 0 Å². The van der Waals surface area contributed by atoms with Crippen LogP contribution in [-0.4, -0.2) is 28.0 Å². The van der Waals surface area contributed by atoms with E-state index in [1.165, 1.54) is 11.3 Å². The molecule has 2 atom stereocenters. The van der Waals surface area contributed by atoms with E-state index in [9.17, 15) is 9.59 Å². The van der Waals surface area contributed by atoms with Gasteiger partial charge in [-0.3, -0.25) is 9.59 Å². The summed E-state index contributed by atoms with van der Waals surface area (Å²) >= 11 is 1.48. The first-order valence-electron chi connectivity index (χ1n) is 6.19. The van der Waals surface area contributed by atoms with Crippen molar-refractivity contribution < 1.29 is 14.7 Å². The van der Waals surface area contributed by atoms with E-state index in [-0.39, 0.29) is 11.9 Å². The highest BCUT2D eigenvalue weighted by atomic mass is 32.1. The van der Waals surface area contributed by atoms with Crippen LogP contribution in [0.3, 0.4) is 0 Å². The van der Waals surface area contributed by atoms with Crippen LogP contribution in [0.5, 0.6) is 0 Å². The third-order valence-corrected chi connectivity index (χ3v) is 4.10. The zero-order valence-electron chi connectivity index (χ0n) is 10.4. The molecule has 1 aromatic carbocycles. The van der Waals surface area contributed by atoms with E-state index in [1.807, 2.05) is 6.07 Å². The fraction of sp³-hybridized carbons (Fsp3) is 0.214. The van der Waals surface area contributed by atoms with Crippen LogP contribution in [0.1, 0.15) is 16.8 Å². The summed E-state index contributed by atoms with van der Waals surface area (Å²) < 4.78 is 0.961. The molecule has 1 aromatic heterocycles. The zero-order chi connectivity index (χ0) is 14.1. The van der Waals surface area contributed by atoms with Gasteiger partial charge in [-0.1, -0.05) is 12.2 Å². The largest absolute Gasteiger partial charge is 0.481 e. The summed E-state index contributed by atoms with van der Waals surface area (Å²) in [5.41, 5.74) is 3.18. The lowest BCUT2D eigenvalue weighted by molar-refractivity contribution is -0.140. The van der Waals surface area contributed by atoms with Gasteiger partial charge in [0.25, 0.3) is 5.91 Å². The van der Waals surface area contributed by atoms with Crippen molar-refractivity contribution in [2.24, 2.45) is 5.92 Å². The standard InChI is InChI=1S/C14H12N2O3S/c17-13(16-10-3-1-9(5-10)14(18)19)8-2-4-11-12(6-8)20-7-15-11/h1-4,6-7,9-10H,5H2,(H,16,17)(H,18,19). The van der Waals surface area contributed by atoms with Gasteiger partial charge < -0.3 is 10.4 Å². The maximum absolute atomic E-state index is 12.1. The summed E-state index contributed by atoms with van der Waals surface area (Å²) in [6.45, 7) is 0. The minimum Gasteiger partial charge on any atom is -0.481 e. The number of benzene rings is 1. The molecule has 0 spiro atoms. The lowest BCUT2D eigenvalue weighted by Gasteiger charge is -2.12. The fourth-order valence-corrected chi connectivity index (χ4v) is 2.95. The number of nitrogens with one attached hydrogen (secondary N) is 1. The van der Waals surface area contributed by atoms with Crippen LogP contribution in [0.2, 0.25) is 0 Å². The number of aromatic nitrogens is 1. The van der Waals surface area contributed by atoms with E-state index >= 15 is 0 Å². The molecule has 0 bridgehead atoms. The summed E-state index contributed by atoms with van der Waals surface area (Å²) in [6.07, 6.45) is 3.77. The van der Waals surface area contributed by atoms with Gasteiger partial charge in [0.15, 0.2) is 0 Å². The van der Waals surface area contributed by atoms with Gasteiger partial charge in [0.05, 0.1) is 21.6 Å². The maximum atomic E-state index is 12.1. The van der Waals surface area contributed by atoms with E-state index in [0.717, 1.165) is 10.2 Å². The predicted octanol–water partition coefficient (Wildman–Crippen LogP) is 2.06. The van der Waals surface area contributed by atoms with Gasteiger partial charge >= 0.3 is 5.97 Å². The van der Waals surface area contributed by atoms with Gasteiger partial charge in [-0.2, -0.15) is 0 Å². The first-order chi connectivity index (χ1) is 9.63. The van der Waals surface area contributed by atoms with Crippen LogP contribution in [0.4, 0.5) is 0 Å². The number of amides is 1. The molecule has 6 heteroatoms. The molecule has 0 radical (unpaired) electrons. The second-order valence-corrected chi connectivity index (χ2v) is 5.57. The first-order valence-corrected chi connectivity index (χ1v) is 7.07. The number of nitrogens with zero attached hydrogens (tertiary/aromatic N) is 1. The van der Waals surface area contributed by atoms with Gasteiger partial charge in [0.1, 0.15) is 0 Å². The summed E-state index contributed by atoms with van der Waals surface area (Å²) in [5, 5.41) is 11.7. The minimum absolute atomic E-state index is 0.194. The number of thiazole rings is 1. The van der Waals surface area contributed by atoms with E-state index < -0.39 is 11.9 Å². The number of carbonyl (C=O) groups is 2. The van der Waals surface area contributed by atoms with Crippen LogP contribution in [0, 0.1) is 5.92 Å². The number of carboxylic acid groups (broad SMARTS) is 1. The molecule has 1 aliphatic carbocycles. The number of fused-ring (bicyclic) bond motifs is 1. The normalized spacial score (nSPS) is 21.2. The Morgan fingerprint density at radius 2 is 2.20 bits per heavy atom. The molecule has 102 valence electrons. The smallest absolute Gasteiger partial charge is 0.310 e. The lowest BCUT2D eigenvalue weighted by atomic mass is 10.1. The van der Waals surface area contributed by atoms with Crippen LogP contribution in [0.25, 0.3) is 10.2 Å². The third-order valence-electron chi connectivity index (χ3n) is 3.31. The van der Waals surface area contributed by atoms with Crippen molar-refractivity contribution in [3.8, 4) is 0 Å². The molecular formula is C14H12N2O3S. The minimum atomic E-state index is -0.857. The Kier molecular flexibility index (Phi) is 3.23. The first kappa shape index (κ1) is 12.8. The van der Waals surface area contributed by atoms with Gasteiger partial charge in [-0.05, 0) is 24.6 Å². The highest BCUT2D eigenvalue weighted by Gasteiger charge is 2.25. The maximum Gasteiger partial charge on any atom is 0.310 e. The van der Waals surface area contributed by atoms with Crippen molar-refractivity contribution in [2.75, 3.05) is 0 Å². The number of hydrogen-bond acceptors (Lipinski definition) is 4. The monoisotopic (exact) mass is 288 g/mol. The molecule has 5 nitrogen and oxygen atoms in total. The van der Waals surface area contributed by atoms with E-state index in [0.29, 0.717) is 12.0 Å². The Balaban J connectivity index is 1.70. The Morgan fingerprint density at radius 1 is 1.35 bits per heavy atom. The van der Waals surface area contributed by atoms with Crippen molar-refractivity contribution in [2.45, 2.75) is 12.5 Å². The number of aliphatic carboxylic acids is 1. The Labute approximate surface area is 118 Å². The van der Waals surface area contributed by atoms with Crippen molar-refractivity contribution in [1.29, 1.82) is 0 Å². The summed E-state index contributed by atoms with van der Waals surface area (Å²) in [6, 6.07) is 5.12. The molecule has 20 heavy (non-hydrogen) atoms. The molecule has 2 unspecified atom stereocenters. The molecule has 1 amide bonds. The fourth-order valence-electron chi connectivity index (χ4n) is 2.24. The number of rotatable bonds is 3. The topological polar surface area (TPSA) is 79.3 Å². The zero-order valence-corrected chi connectivity index (χ0v) is 11.3. The van der Waals surface area contributed by atoms with Crippen molar-refractivity contribution in [1.82, 2.24) is 10.3 Å². The Bertz CT molecular complexity index is 707. The third kappa shape index (κ3) is 2.42. The summed E-state index contributed by atoms with van der Waals surface area (Å²) in [7, 11) is 0.